The Morgan fingerprint density at radius 3 is 2.31 bits per heavy atom. The lowest BCUT2D eigenvalue weighted by Gasteiger charge is -2.50. The lowest BCUT2D eigenvalue weighted by atomic mass is 9.78. The van der Waals surface area contributed by atoms with Gasteiger partial charge in [-0.15, -0.1) is 0 Å². The second-order valence-electron chi connectivity index (χ2n) is 10.1. The van der Waals surface area contributed by atoms with E-state index in [-0.39, 0.29) is 11.5 Å². The van der Waals surface area contributed by atoms with Crippen LogP contribution in [0.3, 0.4) is 0 Å². The van der Waals surface area contributed by atoms with E-state index in [2.05, 4.69) is 52.8 Å². The maximum atomic E-state index is 11.8. The van der Waals surface area contributed by atoms with Gasteiger partial charge in [0.25, 0.3) is 0 Å². The first-order chi connectivity index (χ1) is 14.0. The molecule has 3 aliphatic rings. The summed E-state index contributed by atoms with van der Waals surface area (Å²) < 4.78 is 5.51. The molecule has 3 saturated heterocycles. The summed E-state index contributed by atoms with van der Waals surface area (Å²) in [5.41, 5.74) is 0.579. The molecule has 5 nitrogen and oxygen atoms in total. The van der Waals surface area contributed by atoms with Crippen molar-refractivity contribution in [2.24, 2.45) is 5.41 Å². The molecule has 1 aromatic carbocycles. The fourth-order valence-corrected chi connectivity index (χ4v) is 5.68. The maximum absolute atomic E-state index is 11.8. The van der Waals surface area contributed by atoms with Crippen LogP contribution in [0.1, 0.15) is 38.7 Å². The lowest BCUT2D eigenvalue weighted by Crippen LogP contribution is -2.61. The summed E-state index contributed by atoms with van der Waals surface area (Å²) in [5, 5.41) is 11.8. The third kappa shape index (κ3) is 5.02. The Balaban J connectivity index is 1.45. The number of aliphatic hydroxyl groups is 1. The number of nitrogens with zero attached hydrogens (tertiary/aromatic N) is 3. The number of likely N-dealkylation sites (tertiary alicyclic amines) is 2. The third-order valence-electron chi connectivity index (χ3n) is 7.05. The van der Waals surface area contributed by atoms with Crippen LogP contribution in [0.25, 0.3) is 0 Å². The molecule has 0 amide bonds. The highest BCUT2D eigenvalue weighted by Gasteiger charge is 2.46. The predicted molar refractivity (Wildman–Crippen MR) is 117 cm³/mol. The molecule has 1 N–H and O–H groups in total. The minimum Gasteiger partial charge on any atom is -0.383 e. The van der Waals surface area contributed by atoms with Crippen molar-refractivity contribution in [2.45, 2.75) is 44.8 Å². The first-order valence-electron chi connectivity index (χ1n) is 11.5. The number of hydrogen-bond donors (Lipinski definition) is 1. The maximum Gasteiger partial charge on any atom is 0.108 e. The van der Waals surface area contributed by atoms with Crippen molar-refractivity contribution in [3.8, 4) is 0 Å². The molecule has 0 radical (unpaired) electrons. The van der Waals surface area contributed by atoms with Crippen LogP contribution < -0.4 is 0 Å². The highest BCUT2D eigenvalue weighted by atomic mass is 16.5. The van der Waals surface area contributed by atoms with E-state index in [1.165, 1.54) is 12.8 Å². The van der Waals surface area contributed by atoms with Gasteiger partial charge in [-0.05, 0) is 43.3 Å². The molecule has 1 aromatic rings. The summed E-state index contributed by atoms with van der Waals surface area (Å²) in [6, 6.07) is 10.6. The summed E-state index contributed by atoms with van der Waals surface area (Å²) in [4.78, 5) is 7.71. The predicted octanol–water partition coefficient (Wildman–Crippen LogP) is 2.40. The van der Waals surface area contributed by atoms with E-state index in [4.69, 9.17) is 4.74 Å². The summed E-state index contributed by atoms with van der Waals surface area (Å²) in [5.74, 6) is 0. The molecule has 2 atom stereocenters. The van der Waals surface area contributed by atoms with Crippen molar-refractivity contribution in [1.82, 2.24) is 14.7 Å². The summed E-state index contributed by atoms with van der Waals surface area (Å²) in [6.07, 6.45) is 3.32. The fraction of sp³-hybridized carbons (Fsp3) is 0.750. The van der Waals surface area contributed by atoms with Gasteiger partial charge >= 0.3 is 0 Å². The molecular formula is C24H39N3O2. The molecule has 0 bridgehead atoms. The summed E-state index contributed by atoms with van der Waals surface area (Å²) >= 11 is 0. The van der Waals surface area contributed by atoms with Crippen molar-refractivity contribution in [3.05, 3.63) is 35.9 Å². The summed E-state index contributed by atoms with van der Waals surface area (Å²) in [7, 11) is 0. The van der Waals surface area contributed by atoms with Crippen LogP contribution in [0.15, 0.2) is 30.3 Å². The molecule has 0 aliphatic carbocycles. The van der Waals surface area contributed by atoms with Crippen LogP contribution in [-0.4, -0.2) is 91.4 Å². The summed E-state index contributed by atoms with van der Waals surface area (Å²) in [6.45, 7) is 15.0. The number of piperidine rings is 1. The number of morpholine rings is 1. The number of hydrogen-bond acceptors (Lipinski definition) is 5. The Bertz CT molecular complexity index is 641. The standard InChI is InChI=1S/C24H39N3O2/c1-23(2,19-25-14-16-29-17-15-25)20-26-13-10-24(28,21-8-4-3-5-9-21)22(18-26)27-11-6-7-12-27/h3-5,8-9,22,28H,6-7,10-20H2,1-2H3/t22-,24+/m1/s1. The van der Waals surface area contributed by atoms with E-state index < -0.39 is 5.60 Å². The zero-order valence-corrected chi connectivity index (χ0v) is 18.4. The second kappa shape index (κ2) is 9.03. The molecule has 3 heterocycles. The Hall–Kier alpha value is -0.980. The van der Waals surface area contributed by atoms with Gasteiger partial charge in [-0.3, -0.25) is 9.80 Å². The normalized spacial score (nSPS) is 30.7. The van der Waals surface area contributed by atoms with Gasteiger partial charge in [0.15, 0.2) is 0 Å². The van der Waals surface area contributed by atoms with E-state index in [1.807, 2.05) is 6.07 Å². The molecule has 0 aromatic heterocycles. The van der Waals surface area contributed by atoms with Gasteiger partial charge in [-0.2, -0.15) is 0 Å². The third-order valence-corrected chi connectivity index (χ3v) is 7.05. The van der Waals surface area contributed by atoms with Gasteiger partial charge < -0.3 is 14.7 Å². The van der Waals surface area contributed by atoms with E-state index in [0.29, 0.717) is 0 Å². The van der Waals surface area contributed by atoms with E-state index in [1.54, 1.807) is 0 Å². The molecule has 0 saturated carbocycles. The largest absolute Gasteiger partial charge is 0.383 e. The van der Waals surface area contributed by atoms with Crippen molar-refractivity contribution in [1.29, 1.82) is 0 Å². The zero-order chi connectivity index (χ0) is 20.3. The van der Waals surface area contributed by atoms with Gasteiger partial charge in [0.2, 0.25) is 0 Å². The topological polar surface area (TPSA) is 39.2 Å². The molecule has 0 spiro atoms. The molecule has 162 valence electrons. The minimum absolute atomic E-state index is 0.181. The highest BCUT2D eigenvalue weighted by Crippen LogP contribution is 2.38. The van der Waals surface area contributed by atoms with Gasteiger partial charge in [0.1, 0.15) is 5.60 Å². The highest BCUT2D eigenvalue weighted by molar-refractivity contribution is 5.26. The second-order valence-corrected chi connectivity index (χ2v) is 10.1. The molecule has 3 aliphatic heterocycles. The fourth-order valence-electron chi connectivity index (χ4n) is 5.68. The Morgan fingerprint density at radius 1 is 0.966 bits per heavy atom. The van der Waals surface area contributed by atoms with Gasteiger partial charge in [0.05, 0.1) is 19.3 Å². The first kappa shape index (κ1) is 21.3. The van der Waals surface area contributed by atoms with Gasteiger partial charge in [-0.1, -0.05) is 44.2 Å². The molecule has 5 heteroatoms. The molecule has 0 unspecified atom stereocenters. The Morgan fingerprint density at radius 2 is 1.62 bits per heavy atom. The van der Waals surface area contributed by atoms with E-state index in [0.717, 1.165) is 77.6 Å². The molecule has 4 rings (SSSR count). The van der Waals surface area contributed by atoms with Crippen LogP contribution in [0, 0.1) is 5.41 Å². The smallest absolute Gasteiger partial charge is 0.108 e. The molecular weight excluding hydrogens is 362 g/mol. The average Bonchev–Trinajstić information content (AvgIpc) is 3.25. The van der Waals surface area contributed by atoms with Crippen molar-refractivity contribution >= 4 is 0 Å². The van der Waals surface area contributed by atoms with Crippen molar-refractivity contribution < 1.29 is 9.84 Å². The van der Waals surface area contributed by atoms with Crippen LogP contribution in [0.2, 0.25) is 0 Å². The van der Waals surface area contributed by atoms with Crippen LogP contribution >= 0.6 is 0 Å². The first-order valence-corrected chi connectivity index (χ1v) is 11.5. The molecule has 29 heavy (non-hydrogen) atoms. The molecule has 3 fully saturated rings. The van der Waals surface area contributed by atoms with E-state index >= 15 is 0 Å². The van der Waals surface area contributed by atoms with E-state index in [9.17, 15) is 5.11 Å². The monoisotopic (exact) mass is 401 g/mol. The van der Waals surface area contributed by atoms with Crippen LogP contribution in [0.4, 0.5) is 0 Å². The Labute approximate surface area is 176 Å². The lowest BCUT2D eigenvalue weighted by molar-refractivity contribution is -0.100. The Kier molecular flexibility index (Phi) is 6.62. The number of benzene rings is 1. The van der Waals surface area contributed by atoms with Crippen molar-refractivity contribution in [2.75, 3.05) is 65.6 Å². The zero-order valence-electron chi connectivity index (χ0n) is 18.4. The quantitative estimate of drug-likeness (QED) is 0.793. The van der Waals surface area contributed by atoms with Crippen LogP contribution in [0.5, 0.6) is 0 Å². The van der Waals surface area contributed by atoms with Gasteiger partial charge in [0, 0.05) is 39.3 Å². The van der Waals surface area contributed by atoms with Crippen LogP contribution in [-0.2, 0) is 10.3 Å². The number of rotatable bonds is 6. The number of ether oxygens (including phenoxy) is 1. The minimum atomic E-state index is -0.740. The SMILES string of the molecule is CC(C)(CN1CCOCC1)CN1CC[C@](O)(c2ccccc2)[C@H](N2CCCC2)C1. The van der Waals surface area contributed by atoms with Crippen molar-refractivity contribution in [3.63, 3.8) is 0 Å². The van der Waals surface area contributed by atoms with Gasteiger partial charge in [-0.25, -0.2) is 0 Å². The average molecular weight is 402 g/mol.